The fraction of sp³-hybridized carbons (Fsp3) is 0.364. The van der Waals surface area contributed by atoms with E-state index in [1.54, 1.807) is 33.2 Å². The molecular formula is C11H13BrClNO2. The molecule has 16 heavy (non-hydrogen) atoms. The summed E-state index contributed by atoms with van der Waals surface area (Å²) < 4.78 is 6.35. The Morgan fingerprint density at radius 1 is 1.50 bits per heavy atom. The van der Waals surface area contributed by atoms with Crippen molar-refractivity contribution < 1.29 is 9.53 Å². The molecule has 1 rings (SSSR count). The number of amides is 1. The van der Waals surface area contributed by atoms with E-state index in [1.807, 2.05) is 6.07 Å². The first-order valence-electron chi connectivity index (χ1n) is 4.74. The van der Waals surface area contributed by atoms with E-state index < -0.39 is 6.10 Å². The molecule has 0 aliphatic heterocycles. The van der Waals surface area contributed by atoms with Crippen molar-refractivity contribution in [2.75, 3.05) is 14.1 Å². The molecule has 1 amide bonds. The van der Waals surface area contributed by atoms with Crippen LogP contribution >= 0.6 is 27.5 Å². The van der Waals surface area contributed by atoms with Gasteiger partial charge in [-0.05, 0) is 25.1 Å². The van der Waals surface area contributed by atoms with Gasteiger partial charge in [-0.1, -0.05) is 27.5 Å². The molecule has 0 heterocycles. The Hall–Kier alpha value is -0.740. The lowest BCUT2D eigenvalue weighted by Gasteiger charge is -2.19. The van der Waals surface area contributed by atoms with Gasteiger partial charge in [0.15, 0.2) is 6.10 Å². The Bertz CT molecular complexity index is 396. The lowest BCUT2D eigenvalue weighted by molar-refractivity contribution is -0.135. The Morgan fingerprint density at radius 3 is 2.69 bits per heavy atom. The molecule has 88 valence electrons. The van der Waals surface area contributed by atoms with Crippen molar-refractivity contribution in [2.24, 2.45) is 0 Å². The molecule has 0 spiro atoms. The largest absolute Gasteiger partial charge is 0.479 e. The first-order chi connectivity index (χ1) is 7.41. The van der Waals surface area contributed by atoms with Gasteiger partial charge in [-0.3, -0.25) is 4.79 Å². The van der Waals surface area contributed by atoms with Crippen molar-refractivity contribution >= 4 is 33.4 Å². The molecule has 0 saturated carbocycles. The van der Waals surface area contributed by atoms with Crippen LogP contribution in [0.15, 0.2) is 22.7 Å². The molecule has 0 aliphatic carbocycles. The molecule has 0 fully saturated rings. The van der Waals surface area contributed by atoms with Gasteiger partial charge in [-0.15, -0.1) is 0 Å². The van der Waals surface area contributed by atoms with E-state index >= 15 is 0 Å². The summed E-state index contributed by atoms with van der Waals surface area (Å²) in [5.41, 5.74) is 0. The number of likely N-dealkylation sites (N-methyl/N-ethyl adjacent to an activating group) is 1. The maximum Gasteiger partial charge on any atom is 0.262 e. The van der Waals surface area contributed by atoms with Gasteiger partial charge < -0.3 is 9.64 Å². The van der Waals surface area contributed by atoms with Crippen molar-refractivity contribution in [1.29, 1.82) is 0 Å². The predicted molar refractivity (Wildman–Crippen MR) is 67.9 cm³/mol. The third-order valence-corrected chi connectivity index (χ3v) is 2.79. The summed E-state index contributed by atoms with van der Waals surface area (Å²) >= 11 is 9.27. The van der Waals surface area contributed by atoms with Crippen LogP contribution in [0.3, 0.4) is 0 Å². The SMILES string of the molecule is CC(Oc1cc(Br)ccc1Cl)C(=O)N(C)C. The van der Waals surface area contributed by atoms with Crippen molar-refractivity contribution in [3.63, 3.8) is 0 Å². The number of ether oxygens (including phenoxy) is 1. The van der Waals surface area contributed by atoms with Crippen LogP contribution in [0, 0.1) is 0 Å². The number of carbonyl (C=O) groups is 1. The van der Waals surface area contributed by atoms with Crippen molar-refractivity contribution in [1.82, 2.24) is 4.90 Å². The molecule has 1 unspecified atom stereocenters. The summed E-state index contributed by atoms with van der Waals surface area (Å²) in [6.45, 7) is 1.69. The van der Waals surface area contributed by atoms with E-state index in [1.165, 1.54) is 4.90 Å². The van der Waals surface area contributed by atoms with Gasteiger partial charge in [-0.25, -0.2) is 0 Å². The van der Waals surface area contributed by atoms with E-state index in [0.717, 1.165) is 4.47 Å². The summed E-state index contributed by atoms with van der Waals surface area (Å²) in [6, 6.07) is 5.27. The molecule has 1 aromatic rings. The highest BCUT2D eigenvalue weighted by Crippen LogP contribution is 2.28. The second-order valence-corrected chi connectivity index (χ2v) is 4.89. The van der Waals surface area contributed by atoms with Crippen LogP contribution in [0.2, 0.25) is 5.02 Å². The third-order valence-electron chi connectivity index (χ3n) is 1.99. The van der Waals surface area contributed by atoms with Crippen molar-refractivity contribution in [2.45, 2.75) is 13.0 Å². The number of nitrogens with zero attached hydrogens (tertiary/aromatic N) is 1. The molecule has 0 radical (unpaired) electrons. The average molecular weight is 307 g/mol. The number of hydrogen-bond donors (Lipinski definition) is 0. The first kappa shape index (κ1) is 13.3. The van der Waals surface area contributed by atoms with Gasteiger partial charge >= 0.3 is 0 Å². The maximum absolute atomic E-state index is 11.6. The summed E-state index contributed by atoms with van der Waals surface area (Å²) in [5.74, 6) is 0.398. The van der Waals surface area contributed by atoms with Crippen LogP contribution in [0.4, 0.5) is 0 Å². The highest BCUT2D eigenvalue weighted by atomic mass is 79.9. The topological polar surface area (TPSA) is 29.5 Å². The molecule has 0 aliphatic rings. The van der Waals surface area contributed by atoms with Gasteiger partial charge in [0.2, 0.25) is 0 Å². The highest BCUT2D eigenvalue weighted by Gasteiger charge is 2.17. The molecule has 1 aromatic carbocycles. The standard InChI is InChI=1S/C11H13BrClNO2/c1-7(11(15)14(2)3)16-10-6-8(12)4-5-9(10)13/h4-7H,1-3H3. The number of rotatable bonds is 3. The summed E-state index contributed by atoms with van der Waals surface area (Å²) in [6.07, 6.45) is -0.554. The minimum atomic E-state index is -0.554. The normalized spacial score (nSPS) is 12.1. The van der Waals surface area contributed by atoms with Crippen LogP contribution in [0.5, 0.6) is 5.75 Å². The summed E-state index contributed by atoms with van der Waals surface area (Å²) in [4.78, 5) is 13.1. The Morgan fingerprint density at radius 2 is 2.12 bits per heavy atom. The van der Waals surface area contributed by atoms with Crippen LogP contribution in [-0.4, -0.2) is 31.0 Å². The van der Waals surface area contributed by atoms with Gasteiger partial charge in [0.05, 0.1) is 5.02 Å². The minimum absolute atomic E-state index is 0.101. The van der Waals surface area contributed by atoms with E-state index in [0.29, 0.717) is 10.8 Å². The zero-order valence-corrected chi connectivity index (χ0v) is 11.7. The summed E-state index contributed by atoms with van der Waals surface area (Å²) in [7, 11) is 3.37. The highest BCUT2D eigenvalue weighted by molar-refractivity contribution is 9.10. The lowest BCUT2D eigenvalue weighted by atomic mass is 10.3. The van der Waals surface area contributed by atoms with Crippen LogP contribution < -0.4 is 4.74 Å². The maximum atomic E-state index is 11.6. The predicted octanol–water partition coefficient (Wildman–Crippen LogP) is 2.96. The Labute approximate surface area is 108 Å². The van der Waals surface area contributed by atoms with E-state index in [2.05, 4.69) is 15.9 Å². The van der Waals surface area contributed by atoms with Gasteiger partial charge in [0.1, 0.15) is 5.75 Å². The quantitative estimate of drug-likeness (QED) is 0.859. The van der Waals surface area contributed by atoms with Crippen LogP contribution in [0.1, 0.15) is 6.92 Å². The smallest absolute Gasteiger partial charge is 0.262 e. The molecule has 1 atom stereocenters. The minimum Gasteiger partial charge on any atom is -0.479 e. The number of halogens is 2. The molecule has 0 saturated heterocycles. The second kappa shape index (κ2) is 5.55. The second-order valence-electron chi connectivity index (χ2n) is 3.57. The van der Waals surface area contributed by atoms with Crippen molar-refractivity contribution in [3.05, 3.63) is 27.7 Å². The molecule has 0 aromatic heterocycles. The van der Waals surface area contributed by atoms with Crippen LogP contribution in [0.25, 0.3) is 0 Å². The summed E-state index contributed by atoms with van der Waals surface area (Å²) in [5, 5.41) is 0.488. The molecular weight excluding hydrogens is 293 g/mol. The Kier molecular flexibility index (Phi) is 4.62. The zero-order chi connectivity index (χ0) is 12.3. The number of hydrogen-bond acceptors (Lipinski definition) is 2. The molecule has 0 bridgehead atoms. The van der Waals surface area contributed by atoms with Crippen molar-refractivity contribution in [3.8, 4) is 5.75 Å². The molecule has 3 nitrogen and oxygen atoms in total. The first-order valence-corrected chi connectivity index (χ1v) is 5.91. The van der Waals surface area contributed by atoms with Gasteiger partial charge in [0.25, 0.3) is 5.91 Å². The van der Waals surface area contributed by atoms with Crippen LogP contribution in [-0.2, 0) is 4.79 Å². The van der Waals surface area contributed by atoms with E-state index in [4.69, 9.17) is 16.3 Å². The molecule has 0 N–H and O–H groups in total. The van der Waals surface area contributed by atoms with Gasteiger partial charge in [0, 0.05) is 18.6 Å². The third kappa shape index (κ3) is 3.39. The van der Waals surface area contributed by atoms with E-state index in [-0.39, 0.29) is 5.91 Å². The zero-order valence-electron chi connectivity index (χ0n) is 9.33. The van der Waals surface area contributed by atoms with E-state index in [9.17, 15) is 4.79 Å². The fourth-order valence-corrected chi connectivity index (χ4v) is 1.67. The Balaban J connectivity index is 2.80. The van der Waals surface area contributed by atoms with Gasteiger partial charge in [-0.2, -0.15) is 0 Å². The average Bonchev–Trinajstić information content (AvgIpc) is 2.22. The molecule has 5 heteroatoms. The number of benzene rings is 1. The lowest BCUT2D eigenvalue weighted by Crippen LogP contribution is -2.35. The number of carbonyl (C=O) groups excluding carboxylic acids is 1. The monoisotopic (exact) mass is 305 g/mol. The fourth-order valence-electron chi connectivity index (χ4n) is 1.17.